The molecule has 0 radical (unpaired) electrons. The standard InChI is InChI=1S/C20H27N3O4S/c1-16(2)15-22(13-12-18(21)14-17-6-4-3-5-7-17)28(26,27)20-10-8-19(9-11-20)23(24)25/h3-11,16,18H,12-15,21H2,1-2H3/t18-/m1/s1. The molecule has 28 heavy (non-hydrogen) atoms. The maximum atomic E-state index is 13.0. The molecule has 1 atom stereocenters. The SMILES string of the molecule is CC(C)CN(CC[C@@H](N)Cc1ccccc1)S(=O)(=O)c1ccc([N+](=O)[O-])cc1. The lowest BCUT2D eigenvalue weighted by molar-refractivity contribution is -0.384. The van der Waals surface area contributed by atoms with E-state index in [4.69, 9.17) is 5.73 Å². The van der Waals surface area contributed by atoms with Gasteiger partial charge in [0.2, 0.25) is 10.0 Å². The Balaban J connectivity index is 2.11. The molecule has 2 N–H and O–H groups in total. The van der Waals surface area contributed by atoms with E-state index in [0.717, 1.165) is 5.56 Å². The number of rotatable bonds is 10. The number of sulfonamides is 1. The lowest BCUT2D eigenvalue weighted by Gasteiger charge is -2.25. The van der Waals surface area contributed by atoms with Crippen molar-refractivity contribution in [1.29, 1.82) is 0 Å². The second kappa shape index (κ2) is 9.77. The summed E-state index contributed by atoms with van der Waals surface area (Å²) in [6.45, 7) is 4.55. The molecule has 2 aromatic carbocycles. The summed E-state index contributed by atoms with van der Waals surface area (Å²) < 4.78 is 27.5. The molecule has 2 aromatic rings. The number of nitro groups is 1. The van der Waals surface area contributed by atoms with E-state index >= 15 is 0 Å². The highest BCUT2D eigenvalue weighted by molar-refractivity contribution is 7.89. The molecule has 0 aromatic heterocycles. The van der Waals surface area contributed by atoms with Crippen LogP contribution in [-0.2, 0) is 16.4 Å². The number of benzene rings is 2. The van der Waals surface area contributed by atoms with Crippen molar-refractivity contribution >= 4 is 15.7 Å². The van der Waals surface area contributed by atoms with Gasteiger partial charge in [-0.1, -0.05) is 44.2 Å². The summed E-state index contributed by atoms with van der Waals surface area (Å²) in [5, 5.41) is 10.8. The first kappa shape index (κ1) is 22.0. The van der Waals surface area contributed by atoms with Gasteiger partial charge < -0.3 is 5.73 Å². The molecule has 8 heteroatoms. The van der Waals surface area contributed by atoms with Gasteiger partial charge in [0.25, 0.3) is 5.69 Å². The maximum absolute atomic E-state index is 13.0. The van der Waals surface area contributed by atoms with Gasteiger partial charge in [-0.25, -0.2) is 8.42 Å². The topological polar surface area (TPSA) is 107 Å². The zero-order valence-electron chi connectivity index (χ0n) is 16.2. The Kier molecular flexibility index (Phi) is 7.68. The van der Waals surface area contributed by atoms with Crippen LogP contribution in [-0.4, -0.2) is 36.8 Å². The average Bonchev–Trinajstić information content (AvgIpc) is 2.65. The van der Waals surface area contributed by atoms with E-state index in [9.17, 15) is 18.5 Å². The molecule has 0 saturated heterocycles. The van der Waals surface area contributed by atoms with Gasteiger partial charge in [-0.15, -0.1) is 0 Å². The second-order valence-corrected chi connectivity index (χ2v) is 9.18. The minimum Gasteiger partial charge on any atom is -0.327 e. The Morgan fingerprint density at radius 1 is 1.07 bits per heavy atom. The molecule has 0 fully saturated rings. The molecule has 0 amide bonds. The molecule has 0 spiro atoms. The zero-order valence-corrected chi connectivity index (χ0v) is 17.0. The summed E-state index contributed by atoms with van der Waals surface area (Å²) in [6, 6.07) is 14.7. The molecule has 0 aliphatic carbocycles. The van der Waals surface area contributed by atoms with E-state index in [1.807, 2.05) is 44.2 Å². The fraction of sp³-hybridized carbons (Fsp3) is 0.400. The van der Waals surface area contributed by atoms with Gasteiger partial charge >= 0.3 is 0 Å². The van der Waals surface area contributed by atoms with Crippen LogP contribution >= 0.6 is 0 Å². The maximum Gasteiger partial charge on any atom is 0.269 e. The van der Waals surface area contributed by atoms with Crippen molar-refractivity contribution in [2.45, 2.75) is 37.6 Å². The highest BCUT2D eigenvalue weighted by Crippen LogP contribution is 2.21. The highest BCUT2D eigenvalue weighted by Gasteiger charge is 2.26. The van der Waals surface area contributed by atoms with Gasteiger partial charge in [0.05, 0.1) is 9.82 Å². The first-order chi connectivity index (χ1) is 13.2. The number of hydrogen-bond donors (Lipinski definition) is 1. The fourth-order valence-corrected chi connectivity index (χ4v) is 4.55. The summed E-state index contributed by atoms with van der Waals surface area (Å²) >= 11 is 0. The van der Waals surface area contributed by atoms with Gasteiger partial charge in [-0.3, -0.25) is 10.1 Å². The molecule has 0 aliphatic heterocycles. The van der Waals surface area contributed by atoms with Gasteiger partial charge in [0, 0.05) is 31.3 Å². The van der Waals surface area contributed by atoms with E-state index in [1.54, 1.807) is 0 Å². The van der Waals surface area contributed by atoms with Crippen molar-refractivity contribution in [3.8, 4) is 0 Å². The van der Waals surface area contributed by atoms with Crippen molar-refractivity contribution < 1.29 is 13.3 Å². The first-order valence-corrected chi connectivity index (χ1v) is 10.7. The Morgan fingerprint density at radius 3 is 2.21 bits per heavy atom. The third kappa shape index (κ3) is 6.12. The smallest absolute Gasteiger partial charge is 0.269 e. The van der Waals surface area contributed by atoms with E-state index in [2.05, 4.69) is 0 Å². The quantitative estimate of drug-likeness (QED) is 0.482. The third-order valence-corrected chi connectivity index (χ3v) is 6.22. The van der Waals surface area contributed by atoms with Crippen molar-refractivity contribution in [3.63, 3.8) is 0 Å². The molecule has 0 unspecified atom stereocenters. The highest BCUT2D eigenvalue weighted by atomic mass is 32.2. The first-order valence-electron chi connectivity index (χ1n) is 9.24. The summed E-state index contributed by atoms with van der Waals surface area (Å²) in [4.78, 5) is 10.3. The Hall–Kier alpha value is -2.29. The minimum absolute atomic E-state index is 0.0513. The van der Waals surface area contributed by atoms with Crippen molar-refractivity contribution in [3.05, 3.63) is 70.3 Å². The number of non-ortho nitro benzene ring substituents is 1. The summed E-state index contributed by atoms with van der Waals surface area (Å²) in [7, 11) is -3.75. The molecular weight excluding hydrogens is 378 g/mol. The Bertz CT molecular complexity index is 868. The van der Waals surface area contributed by atoms with Crippen LogP contribution in [0.2, 0.25) is 0 Å². The monoisotopic (exact) mass is 405 g/mol. The lowest BCUT2D eigenvalue weighted by Crippen LogP contribution is -2.38. The second-order valence-electron chi connectivity index (χ2n) is 7.25. The number of nitrogens with zero attached hydrogens (tertiary/aromatic N) is 2. The molecule has 152 valence electrons. The van der Waals surface area contributed by atoms with Crippen LogP contribution in [0, 0.1) is 16.0 Å². The van der Waals surface area contributed by atoms with Crippen LogP contribution in [0.4, 0.5) is 5.69 Å². The summed E-state index contributed by atoms with van der Waals surface area (Å²) in [6.07, 6.45) is 1.20. The zero-order chi connectivity index (χ0) is 20.7. The van der Waals surface area contributed by atoms with Gasteiger partial charge in [-0.2, -0.15) is 4.31 Å². The summed E-state index contributed by atoms with van der Waals surface area (Å²) in [5.41, 5.74) is 7.20. The fourth-order valence-electron chi connectivity index (χ4n) is 2.93. The van der Waals surface area contributed by atoms with E-state index in [1.165, 1.54) is 28.6 Å². The average molecular weight is 406 g/mol. The number of nitro benzene ring substituents is 1. The normalized spacial score (nSPS) is 13.0. The molecular formula is C20H27N3O4S. The van der Waals surface area contributed by atoms with Gasteiger partial charge in [-0.05, 0) is 36.5 Å². The van der Waals surface area contributed by atoms with Crippen molar-refractivity contribution in [2.75, 3.05) is 13.1 Å². The molecule has 0 heterocycles. The number of hydrogen-bond acceptors (Lipinski definition) is 5. The number of nitrogens with two attached hydrogens (primary N) is 1. The molecule has 0 saturated carbocycles. The minimum atomic E-state index is -3.75. The van der Waals surface area contributed by atoms with Gasteiger partial charge in [0.1, 0.15) is 0 Å². The largest absolute Gasteiger partial charge is 0.327 e. The Labute approximate surface area is 166 Å². The van der Waals surface area contributed by atoms with E-state index in [0.29, 0.717) is 25.9 Å². The van der Waals surface area contributed by atoms with E-state index < -0.39 is 14.9 Å². The predicted molar refractivity (Wildman–Crippen MR) is 109 cm³/mol. The van der Waals surface area contributed by atoms with Crippen LogP contribution in [0.1, 0.15) is 25.8 Å². The molecule has 0 bridgehead atoms. The lowest BCUT2D eigenvalue weighted by atomic mass is 10.0. The van der Waals surface area contributed by atoms with Crippen molar-refractivity contribution in [2.24, 2.45) is 11.7 Å². The van der Waals surface area contributed by atoms with Gasteiger partial charge in [0.15, 0.2) is 0 Å². The van der Waals surface area contributed by atoms with Crippen LogP contribution in [0.15, 0.2) is 59.5 Å². The van der Waals surface area contributed by atoms with E-state index in [-0.39, 0.29) is 22.5 Å². The van der Waals surface area contributed by atoms with Crippen LogP contribution in [0.5, 0.6) is 0 Å². The molecule has 0 aliphatic rings. The molecule has 7 nitrogen and oxygen atoms in total. The predicted octanol–water partition coefficient (Wildman–Crippen LogP) is 3.20. The third-order valence-electron chi connectivity index (χ3n) is 4.34. The van der Waals surface area contributed by atoms with Crippen LogP contribution in [0.25, 0.3) is 0 Å². The molecule has 2 rings (SSSR count). The summed E-state index contributed by atoms with van der Waals surface area (Å²) in [5.74, 6) is 0.137. The van der Waals surface area contributed by atoms with Crippen LogP contribution < -0.4 is 5.73 Å². The Morgan fingerprint density at radius 2 is 1.68 bits per heavy atom. The van der Waals surface area contributed by atoms with Crippen LogP contribution in [0.3, 0.4) is 0 Å². The van der Waals surface area contributed by atoms with Crippen molar-refractivity contribution in [1.82, 2.24) is 4.31 Å².